The predicted molar refractivity (Wildman–Crippen MR) is 132 cm³/mol. The Balaban J connectivity index is 1.62. The number of amides is 1. The number of esters is 1. The second-order valence-corrected chi connectivity index (χ2v) is 8.94. The van der Waals surface area contributed by atoms with Crippen molar-refractivity contribution >= 4 is 23.0 Å². The van der Waals surface area contributed by atoms with Crippen LogP contribution in [-0.2, 0) is 38.7 Å². The molecule has 4 rings (SSSR count). The van der Waals surface area contributed by atoms with Crippen LogP contribution in [0.2, 0.25) is 0 Å². The molecule has 0 bridgehead atoms. The maximum absolute atomic E-state index is 13.4. The molecule has 1 aliphatic rings. The third-order valence-electron chi connectivity index (χ3n) is 6.47. The van der Waals surface area contributed by atoms with E-state index in [1.807, 2.05) is 37.3 Å². The summed E-state index contributed by atoms with van der Waals surface area (Å²) in [5.74, 6) is -1.11. The monoisotopic (exact) mass is 497 g/mol. The van der Waals surface area contributed by atoms with Gasteiger partial charge in [-0.3, -0.25) is 19.0 Å². The molecule has 1 unspecified atom stereocenters. The van der Waals surface area contributed by atoms with Gasteiger partial charge in [-0.15, -0.1) is 0 Å². The summed E-state index contributed by atoms with van der Waals surface area (Å²) in [5, 5.41) is 0. The third-order valence-corrected chi connectivity index (χ3v) is 6.47. The molecule has 1 aliphatic heterocycles. The summed E-state index contributed by atoms with van der Waals surface area (Å²) in [6.45, 7) is 2.41. The van der Waals surface area contributed by atoms with E-state index in [1.54, 1.807) is 16.6 Å². The smallest absolute Gasteiger partial charge is 0.333 e. The van der Waals surface area contributed by atoms with E-state index < -0.39 is 30.4 Å². The summed E-state index contributed by atoms with van der Waals surface area (Å²) in [6, 6.07) is 9.37. The van der Waals surface area contributed by atoms with Crippen LogP contribution in [0.5, 0.6) is 0 Å². The standard InChI is InChI=1S/C25H31N5O6/c1-18-8-6-7-11-28(18)20(31)16-36-21(32)15-30-24(33)22-23(26-17-27(22)12-13-35-2)29(25(30)34)14-19-9-4-3-5-10-19/h3-5,9-10,17-18H,6-8,11-16H2,1-2H3. The van der Waals surface area contributed by atoms with Crippen LogP contribution in [0.3, 0.4) is 0 Å². The molecule has 0 N–H and O–H groups in total. The highest BCUT2D eigenvalue weighted by Gasteiger charge is 2.25. The molecule has 1 saturated heterocycles. The minimum absolute atomic E-state index is 0.0903. The van der Waals surface area contributed by atoms with Crippen LogP contribution in [-0.4, -0.2) is 68.4 Å². The molecule has 192 valence electrons. The van der Waals surface area contributed by atoms with Crippen LogP contribution in [0.4, 0.5) is 0 Å². The van der Waals surface area contributed by atoms with Crippen LogP contribution in [0, 0.1) is 0 Å². The Morgan fingerprint density at radius 3 is 2.61 bits per heavy atom. The van der Waals surface area contributed by atoms with Crippen LogP contribution < -0.4 is 11.2 Å². The van der Waals surface area contributed by atoms with Crippen LogP contribution >= 0.6 is 0 Å². The first kappa shape index (κ1) is 25.4. The summed E-state index contributed by atoms with van der Waals surface area (Å²) in [6.07, 6.45) is 4.36. The van der Waals surface area contributed by atoms with Crippen molar-refractivity contribution in [2.75, 3.05) is 26.9 Å². The summed E-state index contributed by atoms with van der Waals surface area (Å²) in [5.41, 5.74) is -0.0825. The van der Waals surface area contributed by atoms with Gasteiger partial charge in [-0.25, -0.2) is 14.3 Å². The second kappa shape index (κ2) is 11.3. The first-order valence-corrected chi connectivity index (χ1v) is 12.1. The van der Waals surface area contributed by atoms with Crippen molar-refractivity contribution in [3.63, 3.8) is 0 Å². The van der Waals surface area contributed by atoms with E-state index in [4.69, 9.17) is 9.47 Å². The zero-order valence-corrected chi connectivity index (χ0v) is 20.6. The lowest BCUT2D eigenvalue weighted by Gasteiger charge is -2.33. The minimum atomic E-state index is -0.833. The van der Waals surface area contributed by atoms with Gasteiger partial charge >= 0.3 is 11.7 Å². The predicted octanol–water partition coefficient (Wildman–Crippen LogP) is 0.999. The van der Waals surface area contributed by atoms with Gasteiger partial charge in [-0.2, -0.15) is 0 Å². The fourth-order valence-electron chi connectivity index (χ4n) is 4.51. The van der Waals surface area contributed by atoms with E-state index in [0.29, 0.717) is 19.7 Å². The first-order valence-electron chi connectivity index (χ1n) is 12.1. The SMILES string of the molecule is COCCn1cnc2c1c(=O)n(CC(=O)OCC(=O)N1CCCCC1C)c(=O)n2Cc1ccccc1. The molecule has 11 heteroatoms. The third kappa shape index (κ3) is 5.40. The van der Waals surface area contributed by atoms with Crippen molar-refractivity contribution in [3.8, 4) is 0 Å². The molecule has 3 aromatic rings. The zero-order valence-electron chi connectivity index (χ0n) is 20.6. The number of fused-ring (bicyclic) bond motifs is 1. The summed E-state index contributed by atoms with van der Waals surface area (Å²) in [7, 11) is 1.55. The van der Waals surface area contributed by atoms with E-state index in [0.717, 1.165) is 29.4 Å². The van der Waals surface area contributed by atoms with Gasteiger partial charge in [0.25, 0.3) is 11.5 Å². The number of nitrogens with zero attached hydrogens (tertiary/aromatic N) is 5. The Morgan fingerprint density at radius 2 is 1.89 bits per heavy atom. The van der Waals surface area contributed by atoms with E-state index in [1.165, 1.54) is 10.9 Å². The number of likely N-dealkylation sites (tertiary alicyclic amines) is 1. The first-order chi connectivity index (χ1) is 17.4. The molecule has 0 radical (unpaired) electrons. The lowest BCUT2D eigenvalue weighted by molar-refractivity contribution is -0.154. The molecule has 0 aliphatic carbocycles. The Morgan fingerprint density at radius 1 is 1.11 bits per heavy atom. The van der Waals surface area contributed by atoms with Gasteiger partial charge < -0.3 is 18.9 Å². The minimum Gasteiger partial charge on any atom is -0.454 e. The van der Waals surface area contributed by atoms with Crippen molar-refractivity contribution in [2.24, 2.45) is 0 Å². The Hall–Kier alpha value is -3.73. The van der Waals surface area contributed by atoms with Crippen molar-refractivity contribution in [3.05, 3.63) is 63.1 Å². The highest BCUT2D eigenvalue weighted by atomic mass is 16.5. The number of ether oxygens (including phenoxy) is 2. The molecular formula is C25H31N5O6. The molecule has 3 heterocycles. The van der Waals surface area contributed by atoms with E-state index in [-0.39, 0.29) is 29.7 Å². The van der Waals surface area contributed by atoms with Crippen LogP contribution in [0.1, 0.15) is 31.7 Å². The van der Waals surface area contributed by atoms with Crippen molar-refractivity contribution in [1.82, 2.24) is 23.6 Å². The molecule has 1 atom stereocenters. The van der Waals surface area contributed by atoms with Gasteiger partial charge in [0, 0.05) is 26.2 Å². The molecule has 2 aromatic heterocycles. The van der Waals surface area contributed by atoms with Gasteiger partial charge in [-0.05, 0) is 31.7 Å². The van der Waals surface area contributed by atoms with Gasteiger partial charge in [-0.1, -0.05) is 30.3 Å². The maximum Gasteiger partial charge on any atom is 0.333 e. The quantitative estimate of drug-likeness (QED) is 0.405. The average Bonchev–Trinajstić information content (AvgIpc) is 3.31. The van der Waals surface area contributed by atoms with E-state index >= 15 is 0 Å². The van der Waals surface area contributed by atoms with Crippen molar-refractivity contribution < 1.29 is 19.1 Å². The van der Waals surface area contributed by atoms with E-state index in [9.17, 15) is 19.2 Å². The number of hydrogen-bond acceptors (Lipinski definition) is 7. The maximum atomic E-state index is 13.4. The molecular weight excluding hydrogens is 466 g/mol. The van der Waals surface area contributed by atoms with Crippen molar-refractivity contribution in [1.29, 1.82) is 0 Å². The zero-order chi connectivity index (χ0) is 25.7. The molecule has 1 fully saturated rings. The topological polar surface area (TPSA) is 118 Å². The fraction of sp³-hybridized carbons (Fsp3) is 0.480. The fourth-order valence-corrected chi connectivity index (χ4v) is 4.51. The Labute approximate surface area is 207 Å². The molecule has 0 spiro atoms. The molecule has 36 heavy (non-hydrogen) atoms. The van der Waals surface area contributed by atoms with Gasteiger partial charge in [0.05, 0.1) is 19.5 Å². The highest BCUT2D eigenvalue weighted by Crippen LogP contribution is 2.16. The number of hydrogen-bond donors (Lipinski definition) is 0. The second-order valence-electron chi connectivity index (χ2n) is 8.94. The summed E-state index contributed by atoms with van der Waals surface area (Å²) < 4.78 is 14.1. The number of imidazole rings is 1. The normalized spacial score (nSPS) is 15.8. The molecule has 1 aromatic carbocycles. The molecule has 1 amide bonds. The van der Waals surface area contributed by atoms with Crippen molar-refractivity contribution in [2.45, 2.75) is 51.9 Å². The number of aromatic nitrogens is 4. The Bertz CT molecular complexity index is 1340. The van der Waals surface area contributed by atoms with Gasteiger partial charge in [0.1, 0.15) is 6.54 Å². The Kier molecular flexibility index (Phi) is 7.99. The largest absolute Gasteiger partial charge is 0.454 e. The number of carbonyl (C=O) groups excluding carboxylic acids is 2. The number of benzene rings is 1. The number of methoxy groups -OCH3 is 1. The summed E-state index contributed by atoms with van der Waals surface area (Å²) >= 11 is 0. The lowest BCUT2D eigenvalue weighted by Crippen LogP contribution is -2.45. The lowest BCUT2D eigenvalue weighted by atomic mass is 10.0. The molecule has 11 nitrogen and oxygen atoms in total. The average molecular weight is 498 g/mol. The number of rotatable bonds is 9. The highest BCUT2D eigenvalue weighted by molar-refractivity contribution is 5.81. The van der Waals surface area contributed by atoms with Crippen LogP contribution in [0.15, 0.2) is 46.2 Å². The van der Waals surface area contributed by atoms with Gasteiger partial charge in [0.15, 0.2) is 17.8 Å². The molecule has 0 saturated carbocycles. The van der Waals surface area contributed by atoms with Crippen LogP contribution in [0.25, 0.3) is 11.2 Å². The number of piperidine rings is 1. The summed E-state index contributed by atoms with van der Waals surface area (Å²) in [4.78, 5) is 57.9. The number of carbonyl (C=O) groups is 2. The van der Waals surface area contributed by atoms with Gasteiger partial charge in [0.2, 0.25) is 0 Å². The van der Waals surface area contributed by atoms with E-state index in [2.05, 4.69) is 4.98 Å².